The number of aromatic nitrogens is 2. The minimum Gasteiger partial charge on any atom is -0.508 e. The van der Waals surface area contributed by atoms with E-state index in [2.05, 4.69) is 143 Å². The van der Waals surface area contributed by atoms with Crippen LogP contribution < -0.4 is 9.80 Å². The largest absolute Gasteiger partial charge is 0.508 e. The third kappa shape index (κ3) is 7.37. The van der Waals surface area contributed by atoms with Crippen molar-refractivity contribution in [3.63, 3.8) is 0 Å². The summed E-state index contributed by atoms with van der Waals surface area (Å²) in [5.74, 6) is 0.295. The van der Waals surface area contributed by atoms with E-state index < -0.39 is 0 Å². The van der Waals surface area contributed by atoms with Crippen molar-refractivity contribution in [1.29, 1.82) is 0 Å². The van der Waals surface area contributed by atoms with Gasteiger partial charge in [-0.2, -0.15) is 0 Å². The van der Waals surface area contributed by atoms with Gasteiger partial charge in [0.1, 0.15) is 5.75 Å². The second kappa shape index (κ2) is 16.5. The molecule has 0 unspecified atom stereocenters. The Morgan fingerprint density at radius 2 is 0.982 bits per heavy atom. The summed E-state index contributed by atoms with van der Waals surface area (Å²) in [5.41, 5.74) is 12.4. The SMILES string of the molecule is CCCN(CCCc1cccc2c(-c3nc(C)c(N(CCC)CCC)c4ccccc34)cccc12)c1c(C)nc(-c2c(C)cc(O)cc2C)c2ccccc12. The van der Waals surface area contributed by atoms with Crippen molar-refractivity contribution in [2.45, 2.75) is 80.6 Å². The first-order valence-corrected chi connectivity index (χ1v) is 20.4. The summed E-state index contributed by atoms with van der Waals surface area (Å²) in [6, 6.07) is 34.8. The Labute approximate surface area is 327 Å². The highest BCUT2D eigenvalue weighted by Crippen LogP contribution is 2.41. The summed E-state index contributed by atoms with van der Waals surface area (Å²) in [6.45, 7) is 19.2. The Bertz CT molecular complexity index is 2460. The molecule has 0 bridgehead atoms. The summed E-state index contributed by atoms with van der Waals surface area (Å²) < 4.78 is 0. The van der Waals surface area contributed by atoms with E-state index in [1.807, 2.05) is 12.1 Å². The van der Waals surface area contributed by atoms with E-state index in [1.165, 1.54) is 49.4 Å². The summed E-state index contributed by atoms with van der Waals surface area (Å²) in [6.07, 6.45) is 5.27. The number of aryl methyl sites for hydroxylation is 5. The molecule has 7 aromatic rings. The van der Waals surface area contributed by atoms with Crippen LogP contribution in [0.4, 0.5) is 11.4 Å². The number of benzene rings is 5. The van der Waals surface area contributed by atoms with E-state index in [0.717, 1.165) is 103 Å². The number of hydrogen-bond donors (Lipinski definition) is 1. The zero-order chi connectivity index (χ0) is 38.6. The van der Waals surface area contributed by atoms with E-state index in [-0.39, 0.29) is 0 Å². The standard InChI is InChI=1S/C50H56N4O/c1-8-27-53(28-9-2)49-35(6)51-47(42-20-11-13-22-44(42)49)41-26-16-24-39-37(18-15-25-40(39)41)19-17-30-54(29-10-3)50-36(7)52-48(43-21-12-14-23-45(43)50)46-33(4)31-38(55)32-34(46)5/h11-16,18,20-26,31-32,55H,8-10,17,19,27-30H2,1-7H3. The van der Waals surface area contributed by atoms with Crippen LogP contribution in [0, 0.1) is 27.7 Å². The smallest absolute Gasteiger partial charge is 0.116 e. The molecule has 0 aliphatic rings. The van der Waals surface area contributed by atoms with Crippen molar-refractivity contribution in [3.8, 4) is 28.3 Å². The van der Waals surface area contributed by atoms with Crippen LogP contribution in [0.5, 0.6) is 5.75 Å². The highest BCUT2D eigenvalue weighted by molar-refractivity contribution is 6.08. The van der Waals surface area contributed by atoms with Gasteiger partial charge in [0.15, 0.2) is 0 Å². The summed E-state index contributed by atoms with van der Waals surface area (Å²) in [5, 5.41) is 17.7. The van der Waals surface area contributed by atoms with Crippen molar-refractivity contribution < 1.29 is 5.11 Å². The molecule has 0 saturated carbocycles. The highest BCUT2D eigenvalue weighted by Gasteiger charge is 2.21. The first-order chi connectivity index (χ1) is 26.7. The lowest BCUT2D eigenvalue weighted by Crippen LogP contribution is -2.27. The Balaban J connectivity index is 1.22. The van der Waals surface area contributed by atoms with Crippen LogP contribution in [0.15, 0.2) is 97.1 Å². The molecule has 0 radical (unpaired) electrons. The van der Waals surface area contributed by atoms with E-state index >= 15 is 0 Å². The van der Waals surface area contributed by atoms with E-state index in [0.29, 0.717) is 5.75 Å². The third-order valence-electron chi connectivity index (χ3n) is 11.1. The second-order valence-electron chi connectivity index (χ2n) is 15.2. The lowest BCUT2D eigenvalue weighted by atomic mass is 9.93. The molecule has 0 fully saturated rings. The molecule has 0 spiro atoms. The minimum atomic E-state index is 0.295. The molecule has 282 valence electrons. The normalized spacial score (nSPS) is 11.5. The van der Waals surface area contributed by atoms with Gasteiger partial charge in [-0.05, 0) is 99.4 Å². The molecule has 5 heteroatoms. The Morgan fingerprint density at radius 3 is 1.56 bits per heavy atom. The zero-order valence-corrected chi connectivity index (χ0v) is 33.8. The maximum atomic E-state index is 10.3. The van der Waals surface area contributed by atoms with Crippen molar-refractivity contribution in [2.24, 2.45) is 0 Å². The molecule has 0 amide bonds. The van der Waals surface area contributed by atoms with Crippen LogP contribution in [0.3, 0.4) is 0 Å². The van der Waals surface area contributed by atoms with Gasteiger partial charge >= 0.3 is 0 Å². The zero-order valence-electron chi connectivity index (χ0n) is 33.8. The van der Waals surface area contributed by atoms with E-state index in [4.69, 9.17) is 9.97 Å². The number of nitrogens with zero attached hydrogens (tertiary/aromatic N) is 4. The van der Waals surface area contributed by atoms with Gasteiger partial charge in [0.25, 0.3) is 0 Å². The Kier molecular flexibility index (Phi) is 11.4. The number of rotatable bonds is 14. The van der Waals surface area contributed by atoms with Gasteiger partial charge in [-0.3, -0.25) is 9.97 Å². The van der Waals surface area contributed by atoms with E-state index in [9.17, 15) is 5.11 Å². The maximum Gasteiger partial charge on any atom is 0.116 e. The Morgan fingerprint density at radius 1 is 0.509 bits per heavy atom. The third-order valence-corrected chi connectivity index (χ3v) is 11.1. The molecule has 7 rings (SSSR count). The summed E-state index contributed by atoms with van der Waals surface area (Å²) in [4.78, 5) is 15.8. The van der Waals surface area contributed by atoms with Crippen LogP contribution >= 0.6 is 0 Å². The predicted molar refractivity (Wildman–Crippen MR) is 236 cm³/mol. The highest BCUT2D eigenvalue weighted by atomic mass is 16.3. The lowest BCUT2D eigenvalue weighted by Gasteiger charge is -2.28. The second-order valence-corrected chi connectivity index (χ2v) is 15.2. The lowest BCUT2D eigenvalue weighted by molar-refractivity contribution is 0.474. The molecule has 0 atom stereocenters. The van der Waals surface area contributed by atoms with E-state index in [1.54, 1.807) is 0 Å². The van der Waals surface area contributed by atoms with Crippen molar-refractivity contribution in [3.05, 3.63) is 125 Å². The number of phenols is 1. The van der Waals surface area contributed by atoms with Crippen LogP contribution in [0.2, 0.25) is 0 Å². The average molecular weight is 729 g/mol. The average Bonchev–Trinajstić information content (AvgIpc) is 3.17. The fourth-order valence-corrected chi connectivity index (χ4v) is 8.99. The van der Waals surface area contributed by atoms with Gasteiger partial charge < -0.3 is 14.9 Å². The first-order valence-electron chi connectivity index (χ1n) is 20.4. The van der Waals surface area contributed by atoms with Gasteiger partial charge in [-0.25, -0.2) is 0 Å². The van der Waals surface area contributed by atoms with Gasteiger partial charge in [0.2, 0.25) is 0 Å². The number of fused-ring (bicyclic) bond motifs is 3. The van der Waals surface area contributed by atoms with Crippen LogP contribution in [0.1, 0.15) is 74.5 Å². The van der Waals surface area contributed by atoms with Crippen molar-refractivity contribution >= 4 is 43.7 Å². The molecule has 2 aromatic heterocycles. The number of aromatic hydroxyl groups is 1. The molecule has 0 saturated heterocycles. The van der Waals surface area contributed by atoms with Gasteiger partial charge in [0, 0.05) is 58.9 Å². The molecule has 5 aromatic carbocycles. The molecule has 0 aliphatic heterocycles. The fraction of sp³-hybridized carbons (Fsp3) is 0.320. The molecule has 55 heavy (non-hydrogen) atoms. The molecule has 1 N–H and O–H groups in total. The number of anilines is 2. The Hall–Kier alpha value is -5.42. The maximum absolute atomic E-state index is 10.3. The minimum absolute atomic E-state index is 0.295. The molecule has 5 nitrogen and oxygen atoms in total. The summed E-state index contributed by atoms with van der Waals surface area (Å²) in [7, 11) is 0. The molecular formula is C50H56N4O. The van der Waals surface area contributed by atoms with Gasteiger partial charge in [0.05, 0.1) is 34.2 Å². The predicted octanol–water partition coefficient (Wildman–Crippen LogP) is 12.7. The first kappa shape index (κ1) is 37.9. The number of hydrogen-bond acceptors (Lipinski definition) is 5. The number of phenolic OH excluding ortho intramolecular Hbond substituents is 1. The fourth-order valence-electron chi connectivity index (χ4n) is 8.99. The number of pyridine rings is 2. The summed E-state index contributed by atoms with van der Waals surface area (Å²) >= 11 is 0. The van der Waals surface area contributed by atoms with Gasteiger partial charge in [-0.15, -0.1) is 0 Å². The van der Waals surface area contributed by atoms with Crippen molar-refractivity contribution in [1.82, 2.24) is 9.97 Å². The monoisotopic (exact) mass is 728 g/mol. The molecular weight excluding hydrogens is 673 g/mol. The van der Waals surface area contributed by atoms with Crippen LogP contribution in [-0.4, -0.2) is 41.3 Å². The van der Waals surface area contributed by atoms with Crippen molar-refractivity contribution in [2.75, 3.05) is 36.0 Å². The van der Waals surface area contributed by atoms with Crippen LogP contribution in [0.25, 0.3) is 54.8 Å². The molecule has 2 heterocycles. The quantitative estimate of drug-likeness (QED) is 0.121. The molecule has 0 aliphatic carbocycles. The topological polar surface area (TPSA) is 52.5 Å². The van der Waals surface area contributed by atoms with Gasteiger partial charge in [-0.1, -0.05) is 106 Å². The van der Waals surface area contributed by atoms with Crippen LogP contribution in [-0.2, 0) is 6.42 Å².